The number of Topliss-reactive ketones (excluding diaryl/α,β-unsaturated/α-hetero) is 2. The van der Waals surface area contributed by atoms with Crippen LogP contribution in [0.15, 0.2) is 60.9 Å². The second-order valence-electron chi connectivity index (χ2n) is 13.5. The van der Waals surface area contributed by atoms with Crippen molar-refractivity contribution in [3.8, 4) is 11.3 Å². The van der Waals surface area contributed by atoms with E-state index in [0.717, 1.165) is 17.6 Å². The summed E-state index contributed by atoms with van der Waals surface area (Å²) in [4.78, 5) is 70.6. The van der Waals surface area contributed by atoms with Crippen molar-refractivity contribution in [1.82, 2.24) is 19.6 Å². The van der Waals surface area contributed by atoms with E-state index >= 15 is 0 Å². The molecule has 0 aliphatic carbocycles. The molecule has 4 rings (SSSR count). The number of amides is 1. The van der Waals surface area contributed by atoms with Gasteiger partial charge in [-0.25, -0.2) is 19.4 Å². The summed E-state index contributed by atoms with van der Waals surface area (Å²) in [5.41, 5.74) is 2.41. The highest BCUT2D eigenvalue weighted by molar-refractivity contribution is 6.02. The topological polar surface area (TPSA) is 146 Å². The van der Waals surface area contributed by atoms with Gasteiger partial charge in [0, 0.05) is 29.4 Å². The number of esters is 2. The van der Waals surface area contributed by atoms with Gasteiger partial charge >= 0.3 is 18.0 Å². The van der Waals surface area contributed by atoms with Gasteiger partial charge in [0.1, 0.15) is 23.4 Å². The van der Waals surface area contributed by atoms with Gasteiger partial charge in [-0.2, -0.15) is 0 Å². The lowest BCUT2D eigenvalue weighted by Gasteiger charge is -2.35. The van der Waals surface area contributed by atoms with Gasteiger partial charge in [0.25, 0.3) is 0 Å². The number of fused-ring (bicyclic) bond motifs is 1. The van der Waals surface area contributed by atoms with Crippen LogP contribution in [0.1, 0.15) is 95.0 Å². The predicted molar refractivity (Wildman–Crippen MR) is 188 cm³/mol. The summed E-state index contributed by atoms with van der Waals surface area (Å²) in [5, 5.41) is 3.19. The van der Waals surface area contributed by atoms with E-state index in [9.17, 15) is 24.0 Å². The van der Waals surface area contributed by atoms with Gasteiger partial charge in [-0.05, 0) is 71.1 Å². The number of benzene rings is 1. The highest BCUT2D eigenvalue weighted by Gasteiger charge is 2.35. The fourth-order valence-corrected chi connectivity index (χ4v) is 6.00. The molecule has 3 heterocycles. The van der Waals surface area contributed by atoms with Crippen LogP contribution in [0.2, 0.25) is 0 Å². The Morgan fingerprint density at radius 1 is 1.00 bits per heavy atom. The highest BCUT2D eigenvalue weighted by atomic mass is 16.6. The monoisotopic (exact) mass is 688 g/mol. The van der Waals surface area contributed by atoms with Gasteiger partial charge in [0.2, 0.25) is 5.78 Å². The summed E-state index contributed by atoms with van der Waals surface area (Å²) >= 11 is 0. The highest BCUT2D eigenvalue weighted by Crippen LogP contribution is 2.25. The maximum absolute atomic E-state index is 13.1. The van der Waals surface area contributed by atoms with E-state index in [1.165, 1.54) is 4.90 Å². The van der Waals surface area contributed by atoms with Gasteiger partial charge in [-0.1, -0.05) is 51.6 Å². The Bertz CT molecular complexity index is 1740. The molecule has 1 amide bonds. The van der Waals surface area contributed by atoms with E-state index < -0.39 is 60.5 Å². The number of hydrogen-bond acceptors (Lipinski definition) is 10. The second kappa shape index (κ2) is 16.2. The van der Waals surface area contributed by atoms with E-state index in [0.29, 0.717) is 36.0 Å². The molecule has 3 aromatic rings. The largest absolute Gasteiger partial charge is 0.456 e. The van der Waals surface area contributed by atoms with Gasteiger partial charge in [0.15, 0.2) is 19.0 Å². The fraction of sp³-hybridized carbons (Fsp3) is 0.474. The predicted octanol–water partition coefficient (Wildman–Crippen LogP) is 5.96. The Hall–Kier alpha value is -4.84. The molecule has 1 aromatic carbocycles. The van der Waals surface area contributed by atoms with Crippen molar-refractivity contribution in [3.63, 3.8) is 0 Å². The molecule has 12 heteroatoms. The molecule has 268 valence electrons. The van der Waals surface area contributed by atoms with E-state index in [1.807, 2.05) is 20.8 Å². The summed E-state index contributed by atoms with van der Waals surface area (Å²) in [6.45, 7) is 15.7. The summed E-state index contributed by atoms with van der Waals surface area (Å²) < 4.78 is 18.1. The number of nitrogens with one attached hydrogen (secondary N) is 1. The number of aromatic nitrogens is 2. The molecular formula is C38H48N4O8. The summed E-state index contributed by atoms with van der Waals surface area (Å²) in [6, 6.07) is 8.57. The first-order chi connectivity index (χ1) is 23.7. The van der Waals surface area contributed by atoms with Crippen LogP contribution in [0.5, 0.6) is 0 Å². The van der Waals surface area contributed by atoms with Crippen molar-refractivity contribution < 1.29 is 38.2 Å². The Morgan fingerprint density at radius 2 is 1.66 bits per heavy atom. The Labute approximate surface area is 293 Å². The summed E-state index contributed by atoms with van der Waals surface area (Å²) in [6.07, 6.45) is 5.50. The molecule has 0 bridgehead atoms. The Kier molecular flexibility index (Phi) is 12.3. The van der Waals surface area contributed by atoms with Crippen LogP contribution in [0.25, 0.3) is 16.8 Å². The maximum atomic E-state index is 13.1. The summed E-state index contributed by atoms with van der Waals surface area (Å²) in [5.74, 6) is -2.09. The molecule has 2 aromatic heterocycles. The van der Waals surface area contributed by atoms with E-state index in [2.05, 4.69) is 16.9 Å². The van der Waals surface area contributed by atoms with Gasteiger partial charge in [-0.15, -0.1) is 0 Å². The molecule has 12 nitrogen and oxygen atoms in total. The molecule has 1 fully saturated rings. The minimum atomic E-state index is -0.957. The first-order valence-corrected chi connectivity index (χ1v) is 17.1. The van der Waals surface area contributed by atoms with Gasteiger partial charge < -0.3 is 18.6 Å². The molecule has 1 aliphatic rings. The Morgan fingerprint density at radius 3 is 2.26 bits per heavy atom. The number of ketones is 2. The SMILES string of the molecule is C=C1C[C@@H](CC)N[C@H]1C(=O)OCC(=O)c1ncc(-c2ccc(C(=O)COC(=O)[C@@H](C)N(C(=O)OC(C)(C)C)C(CC)CC)cc2)n2cccc12. The molecule has 0 spiro atoms. The normalized spacial score (nSPS) is 16.7. The van der Waals surface area contributed by atoms with E-state index in [-0.39, 0.29) is 17.8 Å². The number of carbonyl (C=O) groups excluding carboxylic acids is 5. The van der Waals surface area contributed by atoms with Crippen molar-refractivity contribution >= 4 is 35.1 Å². The zero-order valence-electron chi connectivity index (χ0n) is 30.0. The van der Waals surface area contributed by atoms with Crippen LogP contribution in [-0.4, -0.2) is 86.9 Å². The van der Waals surface area contributed by atoms with Crippen molar-refractivity contribution in [3.05, 3.63) is 72.2 Å². The van der Waals surface area contributed by atoms with E-state index in [4.69, 9.17) is 14.2 Å². The third kappa shape index (κ3) is 8.84. The van der Waals surface area contributed by atoms with Crippen molar-refractivity contribution in [2.45, 2.75) is 104 Å². The number of nitrogens with zero attached hydrogens (tertiary/aromatic N) is 3. The van der Waals surface area contributed by atoms with Crippen molar-refractivity contribution in [2.24, 2.45) is 0 Å². The molecular weight excluding hydrogens is 640 g/mol. The van der Waals surface area contributed by atoms with Crippen LogP contribution in [0.3, 0.4) is 0 Å². The number of rotatable bonds is 14. The van der Waals surface area contributed by atoms with Crippen LogP contribution < -0.4 is 5.32 Å². The molecule has 0 saturated carbocycles. The maximum Gasteiger partial charge on any atom is 0.411 e. The number of hydrogen-bond donors (Lipinski definition) is 1. The van der Waals surface area contributed by atoms with Crippen molar-refractivity contribution in [2.75, 3.05) is 13.2 Å². The summed E-state index contributed by atoms with van der Waals surface area (Å²) in [7, 11) is 0. The lowest BCUT2D eigenvalue weighted by Crippen LogP contribution is -2.51. The molecule has 50 heavy (non-hydrogen) atoms. The van der Waals surface area contributed by atoms with Gasteiger partial charge in [0.05, 0.1) is 17.4 Å². The second-order valence-corrected chi connectivity index (χ2v) is 13.5. The van der Waals surface area contributed by atoms with Crippen LogP contribution >= 0.6 is 0 Å². The molecule has 3 atom stereocenters. The zero-order chi connectivity index (χ0) is 36.7. The molecule has 1 aliphatic heterocycles. The molecule has 0 unspecified atom stereocenters. The third-order valence-electron chi connectivity index (χ3n) is 8.77. The minimum Gasteiger partial charge on any atom is -0.456 e. The van der Waals surface area contributed by atoms with Gasteiger partial charge in [-0.3, -0.25) is 19.8 Å². The number of ether oxygens (including phenoxy) is 3. The third-order valence-corrected chi connectivity index (χ3v) is 8.77. The van der Waals surface area contributed by atoms with Crippen LogP contribution in [-0.2, 0) is 23.8 Å². The lowest BCUT2D eigenvalue weighted by atomic mass is 10.1. The fourth-order valence-electron chi connectivity index (χ4n) is 6.00. The van der Waals surface area contributed by atoms with Crippen molar-refractivity contribution in [1.29, 1.82) is 0 Å². The average Bonchev–Trinajstić information content (AvgIpc) is 3.73. The molecule has 1 N–H and O–H groups in total. The number of carbonyl (C=O) groups is 5. The van der Waals surface area contributed by atoms with Crippen LogP contribution in [0.4, 0.5) is 4.79 Å². The quantitative estimate of drug-likeness (QED) is 0.0931. The first kappa shape index (κ1) is 38.0. The molecule has 0 radical (unpaired) electrons. The average molecular weight is 689 g/mol. The standard InChI is InChI=1S/C38H48N4O8/c1-9-27-19-23(4)33(40-27)36(46)49-22-32(44)34-29-13-12-18-41(29)30(20-39-34)25-14-16-26(17-15-25)31(43)21-48-35(45)24(5)42(28(10-2)11-3)37(47)50-38(6,7)8/h12-18,20,24,27-28,33,40H,4,9-11,19,21-22H2,1-3,5-8H3/t24-,27-,33-/m1/s1. The Balaban J connectivity index is 1.40. The smallest absolute Gasteiger partial charge is 0.411 e. The van der Waals surface area contributed by atoms with E-state index in [1.54, 1.807) is 80.9 Å². The zero-order valence-corrected chi connectivity index (χ0v) is 30.0. The van der Waals surface area contributed by atoms with Crippen LogP contribution in [0, 0.1) is 0 Å². The molecule has 1 saturated heterocycles. The first-order valence-electron chi connectivity index (χ1n) is 17.1. The lowest BCUT2D eigenvalue weighted by molar-refractivity contribution is -0.149. The minimum absolute atomic E-state index is 0.159.